The summed E-state index contributed by atoms with van der Waals surface area (Å²) in [5.74, 6) is 0. The molecule has 0 radical (unpaired) electrons. The number of rotatable bonds is 2. The van der Waals surface area contributed by atoms with Gasteiger partial charge in [0.2, 0.25) is 0 Å². The first kappa shape index (κ1) is 9.52. The molecule has 0 spiro atoms. The average molecular weight is 211 g/mol. The predicted octanol–water partition coefficient (Wildman–Crippen LogP) is 1.81. The molecule has 1 aromatic carbocycles. The zero-order valence-electron chi connectivity index (χ0n) is 7.50. The summed E-state index contributed by atoms with van der Waals surface area (Å²) in [6, 6.07) is 7.14. The van der Waals surface area contributed by atoms with Gasteiger partial charge in [-0.2, -0.15) is 0 Å². The first-order valence-corrected chi connectivity index (χ1v) is 4.73. The lowest BCUT2D eigenvalue weighted by Crippen LogP contribution is -2.14. The van der Waals surface area contributed by atoms with Crippen molar-refractivity contribution in [1.82, 2.24) is 4.98 Å². The molecule has 1 heterocycles. The summed E-state index contributed by atoms with van der Waals surface area (Å²) in [6.07, 6.45) is 0. The van der Waals surface area contributed by atoms with Gasteiger partial charge in [-0.1, -0.05) is 17.7 Å². The molecule has 2 rings (SSSR count). The average Bonchev–Trinajstić information content (AvgIpc) is 2.59. The second-order valence-electron chi connectivity index (χ2n) is 3.25. The van der Waals surface area contributed by atoms with Crippen LogP contribution in [0.15, 0.2) is 24.3 Å². The highest BCUT2D eigenvalue weighted by Gasteiger charge is 2.07. The van der Waals surface area contributed by atoms with Gasteiger partial charge in [0.05, 0.1) is 12.6 Å². The number of H-pyrrole nitrogens is 1. The molecule has 0 unspecified atom stereocenters. The molecule has 3 nitrogen and oxygen atoms in total. The van der Waals surface area contributed by atoms with Gasteiger partial charge in [-0.15, -0.1) is 0 Å². The minimum absolute atomic E-state index is 0.0689. The maximum Gasteiger partial charge on any atom is 0.0683 e. The van der Waals surface area contributed by atoms with E-state index in [4.69, 9.17) is 22.4 Å². The molecule has 0 aliphatic heterocycles. The second kappa shape index (κ2) is 3.61. The number of aromatic nitrogens is 1. The van der Waals surface area contributed by atoms with E-state index in [2.05, 4.69) is 4.98 Å². The maximum absolute atomic E-state index is 8.90. The minimum Gasteiger partial charge on any atom is -0.394 e. The number of fused-ring (bicyclic) bond motifs is 1. The normalized spacial score (nSPS) is 13.4. The summed E-state index contributed by atoms with van der Waals surface area (Å²) < 4.78 is 0. The zero-order valence-corrected chi connectivity index (χ0v) is 8.25. The molecule has 74 valence electrons. The molecular weight excluding hydrogens is 200 g/mol. The van der Waals surface area contributed by atoms with E-state index < -0.39 is 0 Å². The van der Waals surface area contributed by atoms with Gasteiger partial charge in [0, 0.05) is 16.2 Å². The van der Waals surface area contributed by atoms with E-state index in [9.17, 15) is 0 Å². The lowest BCUT2D eigenvalue weighted by atomic mass is 10.2. The number of benzene rings is 1. The Labute approximate surface area is 86.5 Å². The van der Waals surface area contributed by atoms with Crippen LogP contribution in [-0.4, -0.2) is 16.7 Å². The number of nitrogens with one attached hydrogen (secondary N) is 1. The van der Waals surface area contributed by atoms with E-state index in [-0.39, 0.29) is 12.6 Å². The van der Waals surface area contributed by atoms with Gasteiger partial charge in [0.25, 0.3) is 0 Å². The molecule has 0 aliphatic rings. The lowest BCUT2D eigenvalue weighted by Gasteiger charge is -2.03. The van der Waals surface area contributed by atoms with E-state index in [1.165, 1.54) is 0 Å². The highest BCUT2D eigenvalue weighted by Crippen LogP contribution is 2.21. The van der Waals surface area contributed by atoms with Gasteiger partial charge in [-0.05, 0) is 23.6 Å². The summed E-state index contributed by atoms with van der Waals surface area (Å²) in [5, 5.41) is 10.6. The van der Waals surface area contributed by atoms with Crippen molar-refractivity contribution in [3.05, 3.63) is 35.0 Å². The van der Waals surface area contributed by atoms with Crippen molar-refractivity contribution in [2.45, 2.75) is 6.04 Å². The maximum atomic E-state index is 8.90. The molecule has 4 heteroatoms. The number of nitrogens with two attached hydrogens (primary N) is 1. The topological polar surface area (TPSA) is 62.0 Å². The predicted molar refractivity (Wildman–Crippen MR) is 57.3 cm³/mol. The quantitative estimate of drug-likeness (QED) is 0.708. The summed E-state index contributed by atoms with van der Waals surface area (Å²) in [5.41, 5.74) is 7.45. The summed E-state index contributed by atoms with van der Waals surface area (Å²) in [4.78, 5) is 3.12. The Hall–Kier alpha value is -1.03. The van der Waals surface area contributed by atoms with E-state index in [0.29, 0.717) is 5.02 Å². The van der Waals surface area contributed by atoms with Crippen LogP contribution >= 0.6 is 11.6 Å². The van der Waals surface area contributed by atoms with Crippen molar-refractivity contribution < 1.29 is 5.11 Å². The fourth-order valence-electron chi connectivity index (χ4n) is 1.42. The second-order valence-corrected chi connectivity index (χ2v) is 3.68. The van der Waals surface area contributed by atoms with E-state index >= 15 is 0 Å². The van der Waals surface area contributed by atoms with Gasteiger partial charge >= 0.3 is 0 Å². The fourth-order valence-corrected chi connectivity index (χ4v) is 1.59. The fraction of sp³-hybridized carbons (Fsp3) is 0.200. The van der Waals surface area contributed by atoms with Crippen molar-refractivity contribution in [2.24, 2.45) is 5.73 Å². The Kier molecular flexibility index (Phi) is 2.46. The highest BCUT2D eigenvalue weighted by molar-refractivity contribution is 6.31. The van der Waals surface area contributed by atoms with E-state index in [1.54, 1.807) is 0 Å². The molecule has 0 amide bonds. The van der Waals surface area contributed by atoms with Crippen LogP contribution in [0.1, 0.15) is 11.7 Å². The van der Waals surface area contributed by atoms with Crippen LogP contribution in [0, 0.1) is 0 Å². The van der Waals surface area contributed by atoms with Crippen molar-refractivity contribution in [1.29, 1.82) is 0 Å². The number of aliphatic hydroxyl groups is 1. The monoisotopic (exact) mass is 210 g/mol. The zero-order chi connectivity index (χ0) is 10.1. The van der Waals surface area contributed by atoms with Crippen LogP contribution in [0.25, 0.3) is 10.9 Å². The molecular formula is C10H11ClN2O. The van der Waals surface area contributed by atoms with Crippen molar-refractivity contribution in [2.75, 3.05) is 6.61 Å². The van der Waals surface area contributed by atoms with Gasteiger partial charge < -0.3 is 15.8 Å². The van der Waals surface area contributed by atoms with Gasteiger partial charge in [-0.3, -0.25) is 0 Å². The SMILES string of the molecule is N[C@H](CO)c1cc2ccc(Cl)cc2[nH]1. The van der Waals surface area contributed by atoms with Crippen molar-refractivity contribution in [3.8, 4) is 0 Å². The smallest absolute Gasteiger partial charge is 0.0683 e. The van der Waals surface area contributed by atoms with Crippen LogP contribution in [0.2, 0.25) is 5.02 Å². The summed E-state index contributed by atoms with van der Waals surface area (Å²) >= 11 is 5.84. The molecule has 1 atom stereocenters. The minimum atomic E-state index is -0.360. The van der Waals surface area contributed by atoms with Gasteiger partial charge in [0.1, 0.15) is 0 Å². The van der Waals surface area contributed by atoms with Crippen molar-refractivity contribution >= 4 is 22.5 Å². The van der Waals surface area contributed by atoms with E-state index in [0.717, 1.165) is 16.6 Å². The molecule has 2 aromatic rings. The molecule has 0 bridgehead atoms. The molecule has 4 N–H and O–H groups in total. The summed E-state index contributed by atoms with van der Waals surface area (Å²) in [7, 11) is 0. The third kappa shape index (κ3) is 1.62. The van der Waals surface area contributed by atoms with Crippen LogP contribution in [0.5, 0.6) is 0 Å². The first-order chi connectivity index (χ1) is 6.70. The third-order valence-corrected chi connectivity index (χ3v) is 2.44. The molecule has 0 saturated carbocycles. The van der Waals surface area contributed by atoms with Gasteiger partial charge in [-0.25, -0.2) is 0 Å². The Morgan fingerprint density at radius 2 is 2.21 bits per heavy atom. The number of hydrogen-bond donors (Lipinski definition) is 3. The third-order valence-electron chi connectivity index (χ3n) is 2.20. The van der Waals surface area contributed by atoms with E-state index in [1.807, 2.05) is 24.3 Å². The first-order valence-electron chi connectivity index (χ1n) is 4.35. The molecule has 1 aromatic heterocycles. The Bertz CT molecular complexity index is 452. The summed E-state index contributed by atoms with van der Waals surface area (Å²) in [6.45, 7) is -0.0689. The molecule has 0 fully saturated rings. The largest absolute Gasteiger partial charge is 0.394 e. The standard InChI is InChI=1S/C10H11ClN2O/c11-7-2-1-6-3-10(8(12)5-14)13-9(6)4-7/h1-4,8,13-14H,5,12H2/t8-/m1/s1. The molecule has 0 aliphatic carbocycles. The number of aromatic amines is 1. The van der Waals surface area contributed by atoms with Crippen LogP contribution in [0.4, 0.5) is 0 Å². The molecule has 14 heavy (non-hydrogen) atoms. The number of halogens is 1. The lowest BCUT2D eigenvalue weighted by molar-refractivity contribution is 0.266. The number of hydrogen-bond acceptors (Lipinski definition) is 2. The Morgan fingerprint density at radius 1 is 1.43 bits per heavy atom. The van der Waals surface area contributed by atoms with Gasteiger partial charge in [0.15, 0.2) is 0 Å². The van der Waals surface area contributed by atoms with Crippen molar-refractivity contribution in [3.63, 3.8) is 0 Å². The number of aliphatic hydroxyl groups excluding tert-OH is 1. The highest BCUT2D eigenvalue weighted by atomic mass is 35.5. The van der Waals surface area contributed by atoms with Crippen LogP contribution in [-0.2, 0) is 0 Å². The van der Waals surface area contributed by atoms with Crippen LogP contribution < -0.4 is 5.73 Å². The molecule has 0 saturated heterocycles. The Morgan fingerprint density at radius 3 is 2.93 bits per heavy atom. The van der Waals surface area contributed by atoms with Crippen LogP contribution in [0.3, 0.4) is 0 Å². The Balaban J connectivity index is 2.51.